The minimum absolute atomic E-state index is 0.0252. The van der Waals surface area contributed by atoms with E-state index in [9.17, 15) is 4.79 Å². The molecule has 0 fully saturated rings. The third kappa shape index (κ3) is 3.94. The number of halogens is 1. The molecular weight excluding hydrogens is 328 g/mol. The summed E-state index contributed by atoms with van der Waals surface area (Å²) < 4.78 is 7.59. The minimum Gasteiger partial charge on any atom is -0.367 e. The van der Waals surface area contributed by atoms with Crippen LogP contribution in [0.25, 0.3) is 0 Å². The van der Waals surface area contributed by atoms with Gasteiger partial charge in [0, 0.05) is 30.5 Å². The molecule has 1 amide bonds. The fraction of sp³-hybridized carbons (Fsp3) is 0.471. The summed E-state index contributed by atoms with van der Waals surface area (Å²) in [6, 6.07) is 7.56. The van der Waals surface area contributed by atoms with Crippen LogP contribution in [0.2, 0.25) is 5.02 Å². The molecule has 128 valence electrons. The third-order valence-corrected chi connectivity index (χ3v) is 4.52. The van der Waals surface area contributed by atoms with E-state index < -0.39 is 0 Å². The van der Waals surface area contributed by atoms with Gasteiger partial charge in [-0.15, -0.1) is 10.2 Å². The lowest BCUT2D eigenvalue weighted by Gasteiger charge is -2.25. The molecule has 0 saturated heterocycles. The van der Waals surface area contributed by atoms with Crippen LogP contribution in [-0.2, 0) is 35.5 Å². The van der Waals surface area contributed by atoms with Gasteiger partial charge in [-0.1, -0.05) is 36.7 Å². The Morgan fingerprint density at radius 3 is 3.04 bits per heavy atom. The van der Waals surface area contributed by atoms with Gasteiger partial charge in [0.15, 0.2) is 0 Å². The Bertz CT molecular complexity index is 703. The number of carbonyl (C=O) groups excluding carboxylic acids is 1. The zero-order valence-corrected chi connectivity index (χ0v) is 14.4. The van der Waals surface area contributed by atoms with Crippen LogP contribution in [0.4, 0.5) is 0 Å². The Labute approximate surface area is 146 Å². The van der Waals surface area contributed by atoms with Crippen LogP contribution >= 0.6 is 11.6 Å². The van der Waals surface area contributed by atoms with Crippen LogP contribution in [0.15, 0.2) is 24.3 Å². The zero-order valence-electron chi connectivity index (χ0n) is 13.7. The third-order valence-electron chi connectivity index (χ3n) is 4.15. The van der Waals surface area contributed by atoms with Crippen molar-refractivity contribution in [3.63, 3.8) is 0 Å². The summed E-state index contributed by atoms with van der Waals surface area (Å²) in [4.78, 5) is 12.1. The van der Waals surface area contributed by atoms with Crippen LogP contribution in [-0.4, -0.2) is 33.3 Å². The summed E-state index contributed by atoms with van der Waals surface area (Å²) in [6.45, 7) is 3.13. The molecule has 3 rings (SSSR count). The molecule has 0 unspecified atom stereocenters. The van der Waals surface area contributed by atoms with E-state index in [2.05, 4.69) is 27.0 Å². The van der Waals surface area contributed by atoms with Gasteiger partial charge >= 0.3 is 0 Å². The Hall–Kier alpha value is -1.92. The molecule has 0 saturated carbocycles. The molecule has 1 atom stereocenters. The van der Waals surface area contributed by atoms with E-state index in [0.717, 1.165) is 43.0 Å². The smallest absolute Gasteiger partial charge is 0.246 e. The summed E-state index contributed by atoms with van der Waals surface area (Å²) in [7, 11) is 0. The lowest BCUT2D eigenvalue weighted by atomic mass is 10.1. The van der Waals surface area contributed by atoms with E-state index in [0.29, 0.717) is 11.6 Å². The van der Waals surface area contributed by atoms with Crippen molar-refractivity contribution < 1.29 is 9.53 Å². The number of hydrogen-bond acceptors (Lipinski definition) is 4. The summed E-state index contributed by atoms with van der Waals surface area (Å²) in [5.74, 6) is 1.87. The van der Waals surface area contributed by atoms with E-state index in [1.807, 2.05) is 24.3 Å². The SMILES string of the molecule is CCc1nnc2n1C[C@@H](NC(=O)COCc1ccccc1Cl)CC2. The van der Waals surface area contributed by atoms with Crippen LogP contribution < -0.4 is 5.32 Å². The van der Waals surface area contributed by atoms with Gasteiger partial charge in [0.25, 0.3) is 0 Å². The van der Waals surface area contributed by atoms with Crippen molar-refractivity contribution in [1.82, 2.24) is 20.1 Å². The van der Waals surface area contributed by atoms with Gasteiger partial charge in [-0.05, 0) is 18.1 Å². The van der Waals surface area contributed by atoms with Crippen molar-refractivity contribution in [3.05, 3.63) is 46.5 Å². The summed E-state index contributed by atoms with van der Waals surface area (Å²) in [5, 5.41) is 12.1. The highest BCUT2D eigenvalue weighted by Gasteiger charge is 2.23. The number of aryl methyl sites for hydroxylation is 2. The van der Waals surface area contributed by atoms with Crippen LogP contribution in [0.3, 0.4) is 0 Å². The molecule has 0 aliphatic carbocycles. The number of aromatic nitrogens is 3. The lowest BCUT2D eigenvalue weighted by molar-refractivity contribution is -0.127. The fourth-order valence-electron chi connectivity index (χ4n) is 2.90. The van der Waals surface area contributed by atoms with Gasteiger partial charge in [-0.2, -0.15) is 0 Å². The number of rotatable bonds is 6. The molecule has 1 N–H and O–H groups in total. The number of nitrogens with one attached hydrogen (secondary N) is 1. The highest BCUT2D eigenvalue weighted by Crippen LogP contribution is 2.16. The average molecular weight is 349 g/mol. The molecule has 0 bridgehead atoms. The molecule has 2 aromatic rings. The van der Waals surface area contributed by atoms with Crippen molar-refractivity contribution in [2.24, 2.45) is 0 Å². The highest BCUT2D eigenvalue weighted by atomic mass is 35.5. The maximum atomic E-state index is 12.1. The van der Waals surface area contributed by atoms with Crippen molar-refractivity contribution in [1.29, 1.82) is 0 Å². The monoisotopic (exact) mass is 348 g/mol. The number of nitrogens with zero attached hydrogens (tertiary/aromatic N) is 3. The predicted molar refractivity (Wildman–Crippen MR) is 90.8 cm³/mol. The second kappa shape index (κ2) is 7.77. The van der Waals surface area contributed by atoms with E-state index in [-0.39, 0.29) is 18.6 Å². The molecular formula is C17H21ClN4O2. The van der Waals surface area contributed by atoms with Gasteiger partial charge in [-0.3, -0.25) is 4.79 Å². The van der Waals surface area contributed by atoms with E-state index in [4.69, 9.17) is 16.3 Å². The number of carbonyl (C=O) groups is 1. The van der Waals surface area contributed by atoms with E-state index in [1.54, 1.807) is 0 Å². The molecule has 2 heterocycles. The Morgan fingerprint density at radius 2 is 2.25 bits per heavy atom. The first-order chi connectivity index (χ1) is 11.7. The van der Waals surface area contributed by atoms with E-state index >= 15 is 0 Å². The molecule has 1 aromatic carbocycles. The van der Waals surface area contributed by atoms with Crippen molar-refractivity contribution in [2.75, 3.05) is 6.61 Å². The van der Waals surface area contributed by atoms with Crippen molar-refractivity contribution in [3.8, 4) is 0 Å². The predicted octanol–water partition coefficient (Wildman–Crippen LogP) is 2.14. The molecule has 1 aliphatic heterocycles. The minimum atomic E-state index is -0.110. The van der Waals surface area contributed by atoms with Crippen LogP contribution in [0.1, 0.15) is 30.6 Å². The fourth-order valence-corrected chi connectivity index (χ4v) is 3.09. The van der Waals surface area contributed by atoms with Gasteiger partial charge in [-0.25, -0.2) is 0 Å². The molecule has 1 aliphatic rings. The number of fused-ring (bicyclic) bond motifs is 1. The summed E-state index contributed by atoms with van der Waals surface area (Å²) in [5.41, 5.74) is 0.881. The van der Waals surface area contributed by atoms with Crippen LogP contribution in [0, 0.1) is 0 Å². The maximum Gasteiger partial charge on any atom is 0.246 e. The summed E-state index contributed by atoms with van der Waals surface area (Å²) >= 11 is 6.07. The summed E-state index contributed by atoms with van der Waals surface area (Å²) in [6.07, 6.45) is 2.55. The molecule has 6 nitrogen and oxygen atoms in total. The largest absolute Gasteiger partial charge is 0.367 e. The van der Waals surface area contributed by atoms with Gasteiger partial charge in [0.05, 0.1) is 6.61 Å². The normalized spacial score (nSPS) is 16.7. The van der Waals surface area contributed by atoms with Crippen LogP contribution in [0.5, 0.6) is 0 Å². The first-order valence-electron chi connectivity index (χ1n) is 8.18. The van der Waals surface area contributed by atoms with Gasteiger partial charge in [0.2, 0.25) is 5.91 Å². The topological polar surface area (TPSA) is 69.0 Å². The molecule has 1 aromatic heterocycles. The lowest BCUT2D eigenvalue weighted by Crippen LogP contribution is -2.42. The maximum absolute atomic E-state index is 12.1. The standard InChI is InChI=1S/C17H21ClN4O2/c1-2-15-20-21-16-8-7-13(9-22(15)16)19-17(23)11-24-10-12-5-3-4-6-14(12)18/h3-6,13H,2,7-11H2,1H3,(H,19,23)/t13-/m0/s1. The Kier molecular flexibility index (Phi) is 5.48. The number of amides is 1. The van der Waals surface area contributed by atoms with Crippen molar-refractivity contribution in [2.45, 2.75) is 45.4 Å². The molecule has 7 heteroatoms. The van der Waals surface area contributed by atoms with E-state index in [1.165, 1.54) is 0 Å². The van der Waals surface area contributed by atoms with Gasteiger partial charge < -0.3 is 14.6 Å². The van der Waals surface area contributed by atoms with Gasteiger partial charge in [0.1, 0.15) is 18.3 Å². The van der Waals surface area contributed by atoms with Crippen molar-refractivity contribution >= 4 is 17.5 Å². The Morgan fingerprint density at radius 1 is 1.42 bits per heavy atom. The molecule has 24 heavy (non-hydrogen) atoms. The highest BCUT2D eigenvalue weighted by molar-refractivity contribution is 6.31. The zero-order chi connectivity index (χ0) is 16.9. The quantitative estimate of drug-likeness (QED) is 0.868. The second-order valence-corrected chi connectivity index (χ2v) is 6.29. The first-order valence-corrected chi connectivity index (χ1v) is 8.56. The average Bonchev–Trinajstić information content (AvgIpc) is 2.99. The Balaban J connectivity index is 1.47. The first kappa shape index (κ1) is 16.9. The number of ether oxygens (including phenoxy) is 1. The molecule has 0 spiro atoms. The number of benzene rings is 1. The number of hydrogen-bond donors (Lipinski definition) is 1. The molecule has 0 radical (unpaired) electrons. The second-order valence-electron chi connectivity index (χ2n) is 5.88.